The number of esters is 1. The summed E-state index contributed by atoms with van der Waals surface area (Å²) in [5, 5.41) is 4.89. The largest absolute Gasteiger partial charge is 0.422 e. The first-order valence-corrected chi connectivity index (χ1v) is 10.8. The Bertz CT molecular complexity index is 1390. The molecule has 160 valence electrons. The third-order valence-corrected chi connectivity index (χ3v) is 5.48. The van der Waals surface area contributed by atoms with Gasteiger partial charge in [-0.05, 0) is 37.3 Å². The van der Waals surface area contributed by atoms with Gasteiger partial charge in [-0.25, -0.2) is 9.48 Å². The zero-order chi connectivity index (χ0) is 22.6. The van der Waals surface area contributed by atoms with E-state index in [1.165, 1.54) is 0 Å². The van der Waals surface area contributed by atoms with Crippen molar-refractivity contribution >= 4 is 5.97 Å². The van der Waals surface area contributed by atoms with Gasteiger partial charge in [0, 0.05) is 16.7 Å². The molecule has 4 heteroatoms. The van der Waals surface area contributed by atoms with Crippen molar-refractivity contribution in [2.45, 2.75) is 6.92 Å². The number of hydrogen-bond acceptors (Lipinski definition) is 3. The second kappa shape index (κ2) is 8.97. The molecule has 0 aliphatic heterocycles. The molecule has 33 heavy (non-hydrogen) atoms. The van der Waals surface area contributed by atoms with Gasteiger partial charge in [-0.1, -0.05) is 84.9 Å². The van der Waals surface area contributed by atoms with E-state index in [0.717, 1.165) is 33.8 Å². The summed E-state index contributed by atoms with van der Waals surface area (Å²) in [4.78, 5) is 12.8. The SMILES string of the molecule is Cc1nn(-c2ccccc2)c(-c2ccccc2)c1-c1ccccc1OC(=O)c1ccccc1. The maximum Gasteiger partial charge on any atom is 0.343 e. The molecular weight excluding hydrogens is 408 g/mol. The zero-order valence-electron chi connectivity index (χ0n) is 18.2. The Hall–Kier alpha value is -4.44. The van der Waals surface area contributed by atoms with Gasteiger partial charge in [-0.3, -0.25) is 0 Å². The Labute approximate surface area is 192 Å². The lowest BCUT2D eigenvalue weighted by molar-refractivity contribution is 0.0735. The minimum Gasteiger partial charge on any atom is -0.422 e. The van der Waals surface area contributed by atoms with E-state index in [4.69, 9.17) is 9.84 Å². The molecule has 4 aromatic carbocycles. The molecule has 0 unspecified atom stereocenters. The molecule has 0 radical (unpaired) electrons. The van der Waals surface area contributed by atoms with Crippen LogP contribution in [0.25, 0.3) is 28.1 Å². The molecule has 0 amide bonds. The molecule has 0 N–H and O–H groups in total. The number of carbonyl (C=O) groups is 1. The summed E-state index contributed by atoms with van der Waals surface area (Å²) in [6.07, 6.45) is 0. The molecule has 0 atom stereocenters. The molecule has 0 aliphatic rings. The standard InChI is InChI=1S/C29H22N2O2/c1-21-27(25-19-11-12-20-26(25)33-29(32)23-15-7-3-8-16-23)28(22-13-5-2-6-14-22)31(30-21)24-17-9-4-10-18-24/h2-20H,1H3. The molecule has 0 bridgehead atoms. The molecule has 1 heterocycles. The van der Waals surface area contributed by atoms with Crippen molar-refractivity contribution in [3.05, 3.63) is 127 Å². The lowest BCUT2D eigenvalue weighted by Crippen LogP contribution is -2.09. The van der Waals surface area contributed by atoms with E-state index in [0.29, 0.717) is 11.3 Å². The van der Waals surface area contributed by atoms with Gasteiger partial charge in [0.1, 0.15) is 5.75 Å². The highest BCUT2D eigenvalue weighted by Crippen LogP contribution is 2.40. The lowest BCUT2D eigenvalue weighted by atomic mass is 9.98. The van der Waals surface area contributed by atoms with Crippen LogP contribution >= 0.6 is 0 Å². The third kappa shape index (κ3) is 4.06. The van der Waals surface area contributed by atoms with Crippen molar-refractivity contribution in [2.24, 2.45) is 0 Å². The topological polar surface area (TPSA) is 44.1 Å². The van der Waals surface area contributed by atoms with Crippen LogP contribution in [0.2, 0.25) is 0 Å². The molecule has 1 aromatic heterocycles. The molecule has 4 nitrogen and oxygen atoms in total. The van der Waals surface area contributed by atoms with Crippen LogP contribution in [0.5, 0.6) is 5.75 Å². The van der Waals surface area contributed by atoms with E-state index in [9.17, 15) is 4.79 Å². The van der Waals surface area contributed by atoms with Crippen molar-refractivity contribution < 1.29 is 9.53 Å². The molecule has 0 saturated heterocycles. The van der Waals surface area contributed by atoms with Crippen molar-refractivity contribution in [3.8, 4) is 33.8 Å². The van der Waals surface area contributed by atoms with Gasteiger partial charge in [-0.15, -0.1) is 0 Å². The van der Waals surface area contributed by atoms with Gasteiger partial charge in [0.15, 0.2) is 0 Å². The second-order valence-corrected chi connectivity index (χ2v) is 7.67. The summed E-state index contributed by atoms with van der Waals surface area (Å²) in [6, 6.07) is 36.8. The van der Waals surface area contributed by atoms with E-state index < -0.39 is 5.97 Å². The van der Waals surface area contributed by atoms with Crippen LogP contribution < -0.4 is 4.74 Å². The summed E-state index contributed by atoms with van der Waals surface area (Å²) >= 11 is 0. The summed E-state index contributed by atoms with van der Waals surface area (Å²) in [5.41, 5.74) is 6.04. The van der Waals surface area contributed by atoms with E-state index in [1.54, 1.807) is 12.1 Å². The van der Waals surface area contributed by atoms with Crippen LogP contribution in [-0.4, -0.2) is 15.7 Å². The molecular formula is C29H22N2O2. The summed E-state index contributed by atoms with van der Waals surface area (Å²) in [7, 11) is 0. The highest BCUT2D eigenvalue weighted by Gasteiger charge is 2.23. The number of carbonyl (C=O) groups excluding carboxylic acids is 1. The predicted octanol–water partition coefficient (Wildman–Crippen LogP) is 6.73. The minimum absolute atomic E-state index is 0.391. The summed E-state index contributed by atoms with van der Waals surface area (Å²) in [5.74, 6) is 0.108. The highest BCUT2D eigenvalue weighted by molar-refractivity contribution is 5.93. The third-order valence-electron chi connectivity index (χ3n) is 5.48. The maximum atomic E-state index is 12.8. The fraction of sp³-hybridized carbons (Fsp3) is 0.0345. The molecule has 0 saturated carbocycles. The van der Waals surface area contributed by atoms with Crippen LogP contribution in [0.4, 0.5) is 0 Å². The van der Waals surface area contributed by atoms with E-state index in [-0.39, 0.29) is 0 Å². The summed E-state index contributed by atoms with van der Waals surface area (Å²) in [6.45, 7) is 1.98. The molecule has 5 rings (SSSR count). The average molecular weight is 431 g/mol. The van der Waals surface area contributed by atoms with Gasteiger partial charge in [-0.2, -0.15) is 5.10 Å². The summed E-state index contributed by atoms with van der Waals surface area (Å²) < 4.78 is 7.83. The second-order valence-electron chi connectivity index (χ2n) is 7.67. The Kier molecular flexibility index (Phi) is 5.56. The predicted molar refractivity (Wildman–Crippen MR) is 131 cm³/mol. The van der Waals surface area contributed by atoms with Crippen LogP contribution in [0.1, 0.15) is 16.1 Å². The zero-order valence-corrected chi connectivity index (χ0v) is 18.2. The number of para-hydroxylation sites is 2. The maximum absolute atomic E-state index is 12.8. The van der Waals surface area contributed by atoms with E-state index in [1.807, 2.05) is 103 Å². The number of rotatable bonds is 5. The van der Waals surface area contributed by atoms with Crippen LogP contribution in [0.15, 0.2) is 115 Å². The van der Waals surface area contributed by atoms with Gasteiger partial charge >= 0.3 is 5.97 Å². The molecule has 0 aliphatic carbocycles. The first-order valence-electron chi connectivity index (χ1n) is 10.8. The Morgan fingerprint density at radius 2 is 1.30 bits per heavy atom. The number of hydrogen-bond donors (Lipinski definition) is 0. The number of benzene rings is 4. The number of aryl methyl sites for hydroxylation is 1. The van der Waals surface area contributed by atoms with Gasteiger partial charge in [0.25, 0.3) is 0 Å². The number of aromatic nitrogens is 2. The van der Waals surface area contributed by atoms with Crippen molar-refractivity contribution in [1.82, 2.24) is 9.78 Å². The first-order chi connectivity index (χ1) is 16.2. The van der Waals surface area contributed by atoms with Gasteiger partial charge in [0.05, 0.1) is 22.6 Å². The quantitative estimate of drug-likeness (QED) is 0.229. The Balaban J connectivity index is 1.68. The van der Waals surface area contributed by atoms with E-state index in [2.05, 4.69) is 12.1 Å². The van der Waals surface area contributed by atoms with Crippen molar-refractivity contribution in [2.75, 3.05) is 0 Å². The van der Waals surface area contributed by atoms with Gasteiger partial charge in [0.2, 0.25) is 0 Å². The Morgan fingerprint density at radius 1 is 0.727 bits per heavy atom. The molecule has 0 spiro atoms. The minimum atomic E-state index is -0.391. The number of nitrogens with zero attached hydrogens (tertiary/aromatic N) is 2. The molecule has 5 aromatic rings. The van der Waals surface area contributed by atoms with Crippen molar-refractivity contribution in [1.29, 1.82) is 0 Å². The average Bonchev–Trinajstić information content (AvgIpc) is 3.23. The highest BCUT2D eigenvalue weighted by atomic mass is 16.5. The van der Waals surface area contributed by atoms with Gasteiger partial charge < -0.3 is 4.74 Å². The lowest BCUT2D eigenvalue weighted by Gasteiger charge is -2.13. The van der Waals surface area contributed by atoms with Crippen LogP contribution in [0.3, 0.4) is 0 Å². The van der Waals surface area contributed by atoms with Crippen molar-refractivity contribution in [3.63, 3.8) is 0 Å². The fourth-order valence-electron chi connectivity index (χ4n) is 3.96. The Morgan fingerprint density at radius 3 is 2.00 bits per heavy atom. The monoisotopic (exact) mass is 430 g/mol. The van der Waals surface area contributed by atoms with Crippen LogP contribution in [-0.2, 0) is 0 Å². The normalized spacial score (nSPS) is 10.7. The van der Waals surface area contributed by atoms with Crippen LogP contribution in [0, 0.1) is 6.92 Å². The fourth-order valence-corrected chi connectivity index (χ4v) is 3.96. The number of ether oxygens (including phenoxy) is 1. The van der Waals surface area contributed by atoms with E-state index >= 15 is 0 Å². The molecule has 0 fully saturated rings. The smallest absolute Gasteiger partial charge is 0.343 e. The first kappa shape index (κ1) is 20.5.